The van der Waals surface area contributed by atoms with Gasteiger partial charge in [-0.1, -0.05) is 115 Å². The summed E-state index contributed by atoms with van der Waals surface area (Å²) in [6, 6.07) is 55.8. The molecule has 3 heterocycles. The molecule has 0 saturated carbocycles. The molecule has 6 nitrogen and oxygen atoms in total. The van der Waals surface area contributed by atoms with Crippen molar-refractivity contribution < 1.29 is 0 Å². The standard InChI is InChI=1S/C49H28N6/c1-50-39-20-17-31(18-21-39)46-47(54-49-48(53-46)51-23-24-52-49)38-16-14-36-27-40(22-19-35(36)26-38)55-43-12-6-11-41(37-15-13-30-7-2-3-8-32(30)25-37)45(43)42-28-33-9-4-5-10-34(33)29-44(42)55/h2-29H. The number of benzene rings is 8. The molecule has 6 heteroatoms. The third-order valence-corrected chi connectivity index (χ3v) is 10.7. The number of nitrogens with zero attached hydrogens (tertiary/aromatic N) is 6. The molecule has 0 aliphatic carbocycles. The predicted octanol–water partition coefficient (Wildman–Crippen LogP) is 12.5. The van der Waals surface area contributed by atoms with E-state index in [2.05, 4.69) is 153 Å². The first kappa shape index (κ1) is 30.8. The molecule has 8 aromatic carbocycles. The van der Waals surface area contributed by atoms with Gasteiger partial charge in [0.25, 0.3) is 0 Å². The van der Waals surface area contributed by atoms with Crippen LogP contribution in [0.1, 0.15) is 0 Å². The lowest BCUT2D eigenvalue weighted by atomic mass is 9.96. The number of hydrogen-bond acceptors (Lipinski definition) is 4. The molecule has 11 rings (SSSR count). The van der Waals surface area contributed by atoms with E-state index in [0.29, 0.717) is 28.4 Å². The molecule has 0 spiro atoms. The fourth-order valence-electron chi connectivity index (χ4n) is 8.04. The first-order chi connectivity index (χ1) is 27.2. The van der Waals surface area contributed by atoms with E-state index in [-0.39, 0.29) is 0 Å². The van der Waals surface area contributed by atoms with E-state index in [1.807, 2.05) is 12.1 Å². The summed E-state index contributed by atoms with van der Waals surface area (Å²) in [7, 11) is 0. The van der Waals surface area contributed by atoms with Gasteiger partial charge in [0.1, 0.15) is 0 Å². The van der Waals surface area contributed by atoms with Gasteiger partial charge in [-0.25, -0.2) is 24.8 Å². The van der Waals surface area contributed by atoms with Gasteiger partial charge in [0.2, 0.25) is 0 Å². The second-order valence-electron chi connectivity index (χ2n) is 13.8. The first-order valence-corrected chi connectivity index (χ1v) is 18.1. The summed E-state index contributed by atoms with van der Waals surface area (Å²) in [6.45, 7) is 7.40. The van der Waals surface area contributed by atoms with Crippen LogP contribution in [0.3, 0.4) is 0 Å². The van der Waals surface area contributed by atoms with Crippen LogP contribution in [0.2, 0.25) is 0 Å². The molecule has 55 heavy (non-hydrogen) atoms. The van der Waals surface area contributed by atoms with Crippen molar-refractivity contribution in [2.24, 2.45) is 0 Å². The van der Waals surface area contributed by atoms with Gasteiger partial charge in [-0.15, -0.1) is 0 Å². The molecule has 0 saturated heterocycles. The van der Waals surface area contributed by atoms with E-state index in [1.165, 1.54) is 49.0 Å². The summed E-state index contributed by atoms with van der Waals surface area (Å²) in [5, 5.41) is 9.55. The number of aromatic nitrogens is 5. The minimum atomic E-state index is 0.476. The predicted molar refractivity (Wildman–Crippen MR) is 225 cm³/mol. The highest BCUT2D eigenvalue weighted by atomic mass is 15.0. The third kappa shape index (κ3) is 5.02. The maximum atomic E-state index is 7.40. The highest BCUT2D eigenvalue weighted by Crippen LogP contribution is 2.41. The smallest absolute Gasteiger partial charge is 0.198 e. The SMILES string of the molecule is [C-]#[N+]c1ccc(-c2nc3nccnc3nc2-c2ccc3cc(-n4c5cc6ccccc6cc5c5c(-c6ccc7ccccc7c6)cccc54)ccc3c2)cc1. The van der Waals surface area contributed by atoms with Crippen LogP contribution >= 0.6 is 0 Å². The third-order valence-electron chi connectivity index (χ3n) is 10.7. The van der Waals surface area contributed by atoms with Crippen LogP contribution in [-0.4, -0.2) is 24.5 Å². The Hall–Kier alpha value is -7.75. The molecule has 0 bridgehead atoms. The van der Waals surface area contributed by atoms with Gasteiger partial charge < -0.3 is 4.57 Å². The minimum absolute atomic E-state index is 0.476. The Morgan fingerprint density at radius 1 is 0.455 bits per heavy atom. The van der Waals surface area contributed by atoms with Gasteiger partial charge >= 0.3 is 0 Å². The molecule has 0 aliphatic heterocycles. The second-order valence-corrected chi connectivity index (χ2v) is 13.8. The Labute approximate surface area is 315 Å². The molecular formula is C49H28N6. The minimum Gasteiger partial charge on any atom is -0.309 e. The van der Waals surface area contributed by atoms with Crippen LogP contribution in [0.5, 0.6) is 0 Å². The van der Waals surface area contributed by atoms with Crippen molar-refractivity contribution in [3.05, 3.63) is 182 Å². The second kappa shape index (κ2) is 12.2. The summed E-state index contributed by atoms with van der Waals surface area (Å²) >= 11 is 0. The normalized spacial score (nSPS) is 11.6. The van der Waals surface area contributed by atoms with Crippen LogP contribution in [0.15, 0.2) is 170 Å². The summed E-state index contributed by atoms with van der Waals surface area (Å²) in [6.07, 6.45) is 3.26. The lowest BCUT2D eigenvalue weighted by Crippen LogP contribution is -1.98. The number of fused-ring (bicyclic) bond motifs is 7. The van der Waals surface area contributed by atoms with Gasteiger partial charge in [0.05, 0.1) is 29.0 Å². The number of hydrogen-bond donors (Lipinski definition) is 0. The molecule has 0 unspecified atom stereocenters. The summed E-state index contributed by atoms with van der Waals surface area (Å²) < 4.78 is 2.41. The molecule has 11 aromatic rings. The average Bonchev–Trinajstić information content (AvgIpc) is 3.57. The number of rotatable bonds is 4. The molecular weight excluding hydrogens is 673 g/mol. The van der Waals surface area contributed by atoms with Gasteiger partial charge in [-0.3, -0.25) is 0 Å². The molecule has 0 amide bonds. The average molecular weight is 701 g/mol. The van der Waals surface area contributed by atoms with Crippen LogP contribution in [0.4, 0.5) is 5.69 Å². The van der Waals surface area contributed by atoms with Crippen molar-refractivity contribution >= 4 is 71.1 Å². The highest BCUT2D eigenvalue weighted by molar-refractivity contribution is 6.19. The van der Waals surface area contributed by atoms with Crippen molar-refractivity contribution in [3.63, 3.8) is 0 Å². The monoisotopic (exact) mass is 700 g/mol. The zero-order valence-electron chi connectivity index (χ0n) is 29.3. The van der Waals surface area contributed by atoms with E-state index in [4.69, 9.17) is 16.5 Å². The van der Waals surface area contributed by atoms with Crippen LogP contribution < -0.4 is 0 Å². The fourth-order valence-corrected chi connectivity index (χ4v) is 8.04. The molecule has 3 aromatic heterocycles. The molecule has 0 radical (unpaired) electrons. The summed E-state index contributed by atoms with van der Waals surface area (Å²) in [5.74, 6) is 0. The van der Waals surface area contributed by atoms with Gasteiger partial charge in [-0.2, -0.15) is 0 Å². The zero-order chi connectivity index (χ0) is 36.5. The summed E-state index contributed by atoms with van der Waals surface area (Å²) in [4.78, 5) is 22.3. The van der Waals surface area contributed by atoms with Gasteiger partial charge in [0.15, 0.2) is 17.0 Å². The largest absolute Gasteiger partial charge is 0.309 e. The highest BCUT2D eigenvalue weighted by Gasteiger charge is 2.19. The van der Waals surface area contributed by atoms with Gasteiger partial charge in [-0.05, 0) is 91.5 Å². The van der Waals surface area contributed by atoms with Crippen molar-refractivity contribution in [1.29, 1.82) is 0 Å². The Morgan fingerprint density at radius 2 is 1.04 bits per heavy atom. The van der Waals surface area contributed by atoms with Gasteiger partial charge in [0, 0.05) is 34.4 Å². The maximum Gasteiger partial charge on any atom is 0.198 e. The van der Waals surface area contributed by atoms with Crippen molar-refractivity contribution in [1.82, 2.24) is 24.5 Å². The van der Waals surface area contributed by atoms with Crippen LogP contribution in [0, 0.1) is 6.57 Å². The van der Waals surface area contributed by atoms with Crippen LogP contribution in [-0.2, 0) is 0 Å². The Bertz CT molecular complexity index is 3390. The zero-order valence-corrected chi connectivity index (χ0v) is 29.3. The fraction of sp³-hybridized carbons (Fsp3) is 0. The van der Waals surface area contributed by atoms with Crippen molar-refractivity contribution in [2.75, 3.05) is 0 Å². The van der Waals surface area contributed by atoms with Crippen molar-refractivity contribution in [3.8, 4) is 39.3 Å². The Balaban J connectivity index is 1.10. The summed E-state index contributed by atoms with van der Waals surface area (Å²) in [5.41, 5.74) is 10.6. The van der Waals surface area contributed by atoms with E-state index >= 15 is 0 Å². The van der Waals surface area contributed by atoms with E-state index in [9.17, 15) is 0 Å². The maximum absolute atomic E-state index is 7.40. The van der Waals surface area contributed by atoms with Crippen molar-refractivity contribution in [2.45, 2.75) is 0 Å². The molecule has 0 aliphatic rings. The molecule has 0 N–H and O–H groups in total. The molecule has 254 valence electrons. The molecule has 0 fully saturated rings. The molecule has 0 atom stereocenters. The first-order valence-electron chi connectivity index (χ1n) is 18.1. The van der Waals surface area contributed by atoms with E-state index in [1.54, 1.807) is 24.5 Å². The quantitative estimate of drug-likeness (QED) is 0.172. The Morgan fingerprint density at radius 3 is 1.80 bits per heavy atom. The lowest BCUT2D eigenvalue weighted by Gasteiger charge is -2.13. The lowest BCUT2D eigenvalue weighted by molar-refractivity contribution is 1.16. The van der Waals surface area contributed by atoms with Crippen LogP contribution in [0.25, 0.3) is 110 Å². The van der Waals surface area contributed by atoms with E-state index in [0.717, 1.165) is 33.1 Å². The Kier molecular flexibility index (Phi) is 6.82. The van der Waals surface area contributed by atoms with E-state index < -0.39 is 0 Å². The topological polar surface area (TPSA) is 60.9 Å².